The normalized spacial score (nSPS) is 15.9. The van der Waals surface area contributed by atoms with Crippen LogP contribution in [0.25, 0.3) is 0 Å². The molecule has 0 fully saturated rings. The number of hydrogen-bond donors (Lipinski definition) is 0. The van der Waals surface area contributed by atoms with Crippen molar-refractivity contribution in [2.45, 2.75) is 4.90 Å². The molecule has 0 saturated carbocycles. The Kier molecular flexibility index (Phi) is 1.91. The molecule has 0 spiro atoms. The molecule has 0 saturated heterocycles. The number of rotatable bonds is 1. The van der Waals surface area contributed by atoms with Crippen LogP contribution in [-0.2, 0) is 0 Å². The lowest BCUT2D eigenvalue weighted by molar-refractivity contribution is 0.174. The van der Waals surface area contributed by atoms with Gasteiger partial charge in [0.25, 0.3) is 0 Å². The topological polar surface area (TPSA) is 18.5 Å². The van der Waals surface area contributed by atoms with Crippen LogP contribution >= 0.6 is 10.0 Å². The van der Waals surface area contributed by atoms with E-state index in [1.165, 1.54) is 4.90 Å². The second-order valence-electron chi connectivity index (χ2n) is 3.85. The third-order valence-corrected chi connectivity index (χ3v) is 3.72. The van der Waals surface area contributed by atoms with E-state index in [4.69, 9.17) is 9.47 Å². The van der Waals surface area contributed by atoms with Crippen LogP contribution in [0.15, 0.2) is 23.1 Å². The van der Waals surface area contributed by atoms with Gasteiger partial charge >= 0.3 is 0 Å². The summed E-state index contributed by atoms with van der Waals surface area (Å²) in [6.07, 6.45) is 6.81. The second kappa shape index (κ2) is 2.84. The first kappa shape index (κ1) is 8.75. The zero-order chi connectivity index (χ0) is 9.47. The van der Waals surface area contributed by atoms with Crippen molar-refractivity contribution in [2.75, 3.05) is 25.6 Å². The third kappa shape index (κ3) is 1.61. The van der Waals surface area contributed by atoms with E-state index < -0.39 is 10.0 Å². The number of benzene rings is 1. The van der Waals surface area contributed by atoms with E-state index in [2.05, 4.69) is 30.9 Å². The van der Waals surface area contributed by atoms with Crippen LogP contribution in [0.5, 0.6) is 11.5 Å². The molecule has 0 bridgehead atoms. The molecule has 0 N–H and O–H groups in total. The fourth-order valence-corrected chi connectivity index (χ4v) is 2.19. The summed E-state index contributed by atoms with van der Waals surface area (Å²) in [6.45, 7) is 0.359. The molecule has 0 unspecified atom stereocenters. The lowest BCUT2D eigenvalue weighted by Gasteiger charge is -2.25. The van der Waals surface area contributed by atoms with E-state index in [0.29, 0.717) is 6.79 Å². The highest BCUT2D eigenvalue weighted by atomic mass is 32.3. The monoisotopic (exact) mass is 198 g/mol. The van der Waals surface area contributed by atoms with Crippen LogP contribution < -0.4 is 9.47 Å². The van der Waals surface area contributed by atoms with E-state index in [-0.39, 0.29) is 0 Å². The Labute approximate surface area is 80.2 Å². The van der Waals surface area contributed by atoms with E-state index >= 15 is 0 Å². The summed E-state index contributed by atoms with van der Waals surface area (Å²) in [5.74, 6) is 1.76. The van der Waals surface area contributed by atoms with Crippen LogP contribution in [-0.4, -0.2) is 25.6 Å². The van der Waals surface area contributed by atoms with Gasteiger partial charge in [0, 0.05) is 0 Å². The highest BCUT2D eigenvalue weighted by Crippen LogP contribution is 2.48. The molecule has 3 heteroatoms. The number of ether oxygens (including phenoxy) is 2. The highest BCUT2D eigenvalue weighted by molar-refractivity contribution is 8.32. The summed E-state index contributed by atoms with van der Waals surface area (Å²) < 4.78 is 10.6. The SMILES string of the molecule is CS(C)(C)c1ccc2c(c1)OCO2. The molecule has 1 aliphatic rings. The number of hydrogen-bond acceptors (Lipinski definition) is 2. The van der Waals surface area contributed by atoms with Crippen molar-refractivity contribution in [1.29, 1.82) is 0 Å². The van der Waals surface area contributed by atoms with Gasteiger partial charge in [0.2, 0.25) is 6.79 Å². The minimum absolute atomic E-state index is 0.359. The summed E-state index contributed by atoms with van der Waals surface area (Å²) in [7, 11) is -0.660. The molecule has 0 amide bonds. The van der Waals surface area contributed by atoms with Crippen molar-refractivity contribution in [3.05, 3.63) is 18.2 Å². The lowest BCUT2D eigenvalue weighted by Crippen LogP contribution is -1.93. The minimum Gasteiger partial charge on any atom is -0.454 e. The molecular formula is C10H14O2S. The predicted molar refractivity (Wildman–Crippen MR) is 56.2 cm³/mol. The maximum atomic E-state index is 5.33. The Morgan fingerprint density at radius 1 is 1.08 bits per heavy atom. The Morgan fingerprint density at radius 3 is 2.46 bits per heavy atom. The highest BCUT2D eigenvalue weighted by Gasteiger charge is 2.16. The largest absolute Gasteiger partial charge is 0.454 e. The minimum atomic E-state index is -0.660. The molecule has 2 rings (SSSR count). The van der Waals surface area contributed by atoms with E-state index in [9.17, 15) is 0 Å². The van der Waals surface area contributed by atoms with Gasteiger partial charge in [0.1, 0.15) is 0 Å². The molecule has 0 aliphatic carbocycles. The van der Waals surface area contributed by atoms with Crippen molar-refractivity contribution >= 4 is 10.0 Å². The Hall–Kier alpha value is -0.830. The van der Waals surface area contributed by atoms with E-state index in [1.54, 1.807) is 0 Å². The third-order valence-electron chi connectivity index (χ3n) is 2.05. The first-order valence-electron chi connectivity index (χ1n) is 4.15. The van der Waals surface area contributed by atoms with Crippen molar-refractivity contribution < 1.29 is 9.47 Å². The molecule has 0 atom stereocenters. The average Bonchev–Trinajstić information content (AvgIpc) is 2.47. The van der Waals surface area contributed by atoms with Crippen LogP contribution in [0.2, 0.25) is 0 Å². The molecule has 1 heterocycles. The van der Waals surface area contributed by atoms with E-state index in [0.717, 1.165) is 11.5 Å². The van der Waals surface area contributed by atoms with E-state index in [1.807, 2.05) is 6.07 Å². The van der Waals surface area contributed by atoms with Crippen molar-refractivity contribution in [1.82, 2.24) is 0 Å². The first-order chi connectivity index (χ1) is 6.07. The molecule has 72 valence electrons. The smallest absolute Gasteiger partial charge is 0.231 e. The van der Waals surface area contributed by atoms with Crippen LogP contribution in [0.4, 0.5) is 0 Å². The summed E-state index contributed by atoms with van der Waals surface area (Å²) in [5.41, 5.74) is 0. The molecule has 0 radical (unpaired) electrons. The van der Waals surface area contributed by atoms with Gasteiger partial charge in [-0.15, -0.1) is 0 Å². The Balaban J connectivity index is 2.42. The molecule has 1 aliphatic heterocycles. The van der Waals surface area contributed by atoms with Crippen LogP contribution in [0, 0.1) is 0 Å². The zero-order valence-corrected chi connectivity index (χ0v) is 8.98. The van der Waals surface area contributed by atoms with Gasteiger partial charge in [-0.2, -0.15) is 0 Å². The average molecular weight is 198 g/mol. The predicted octanol–water partition coefficient (Wildman–Crippen LogP) is 2.47. The van der Waals surface area contributed by atoms with Gasteiger partial charge in [0.15, 0.2) is 11.5 Å². The Morgan fingerprint density at radius 2 is 1.77 bits per heavy atom. The zero-order valence-electron chi connectivity index (χ0n) is 8.16. The van der Waals surface area contributed by atoms with Gasteiger partial charge in [0.05, 0.1) is 0 Å². The molecule has 13 heavy (non-hydrogen) atoms. The van der Waals surface area contributed by atoms with Crippen LogP contribution in [0.3, 0.4) is 0 Å². The van der Waals surface area contributed by atoms with Gasteiger partial charge in [-0.05, 0) is 41.9 Å². The molecule has 1 aromatic carbocycles. The molecular weight excluding hydrogens is 184 g/mol. The van der Waals surface area contributed by atoms with Crippen molar-refractivity contribution in [3.63, 3.8) is 0 Å². The molecule has 0 aromatic heterocycles. The standard InChI is InChI=1S/C10H14O2S/c1-13(2,3)8-4-5-9-10(6-8)12-7-11-9/h4-6H,7H2,1-3H3. The first-order valence-corrected chi connectivity index (χ1v) is 7.01. The Bertz CT molecular complexity index is 328. The fourth-order valence-electron chi connectivity index (χ4n) is 1.26. The summed E-state index contributed by atoms with van der Waals surface area (Å²) in [5, 5.41) is 0. The molecule has 1 aromatic rings. The van der Waals surface area contributed by atoms with Crippen molar-refractivity contribution in [3.8, 4) is 11.5 Å². The lowest BCUT2D eigenvalue weighted by atomic mass is 10.3. The van der Waals surface area contributed by atoms with Gasteiger partial charge in [-0.25, -0.2) is 10.0 Å². The van der Waals surface area contributed by atoms with Crippen molar-refractivity contribution in [2.24, 2.45) is 0 Å². The van der Waals surface area contributed by atoms with Crippen LogP contribution in [0.1, 0.15) is 0 Å². The van der Waals surface area contributed by atoms with Gasteiger partial charge in [-0.3, -0.25) is 0 Å². The maximum absolute atomic E-state index is 5.33. The summed E-state index contributed by atoms with van der Waals surface area (Å²) >= 11 is 0. The van der Waals surface area contributed by atoms with Gasteiger partial charge < -0.3 is 9.47 Å². The quantitative estimate of drug-likeness (QED) is 0.690. The number of fused-ring (bicyclic) bond motifs is 1. The fraction of sp³-hybridized carbons (Fsp3) is 0.400. The second-order valence-corrected chi connectivity index (χ2v) is 8.00. The molecule has 2 nitrogen and oxygen atoms in total. The maximum Gasteiger partial charge on any atom is 0.231 e. The van der Waals surface area contributed by atoms with Gasteiger partial charge in [-0.1, -0.05) is 0 Å². The summed E-state index contributed by atoms with van der Waals surface area (Å²) in [4.78, 5) is 1.36. The summed E-state index contributed by atoms with van der Waals surface area (Å²) in [6, 6.07) is 6.22.